The van der Waals surface area contributed by atoms with E-state index in [9.17, 15) is 9.18 Å². The third-order valence-electron chi connectivity index (χ3n) is 6.44. The van der Waals surface area contributed by atoms with E-state index in [0.717, 1.165) is 34.8 Å². The Morgan fingerprint density at radius 2 is 1.71 bits per heavy atom. The molecule has 7 nitrogen and oxygen atoms in total. The zero-order chi connectivity index (χ0) is 23.7. The first-order valence-corrected chi connectivity index (χ1v) is 11.7. The van der Waals surface area contributed by atoms with Gasteiger partial charge in [0.2, 0.25) is 0 Å². The van der Waals surface area contributed by atoms with Gasteiger partial charge in [-0.25, -0.2) is 19.0 Å². The number of para-hydroxylation sites is 1. The van der Waals surface area contributed by atoms with E-state index in [1.807, 2.05) is 46.1 Å². The Hall–Kier alpha value is -3.81. The Morgan fingerprint density at radius 3 is 2.38 bits per heavy atom. The molecule has 2 aromatic heterocycles. The van der Waals surface area contributed by atoms with Crippen LogP contribution >= 0.6 is 0 Å². The van der Waals surface area contributed by atoms with Crippen molar-refractivity contribution in [1.82, 2.24) is 24.6 Å². The van der Waals surface area contributed by atoms with Crippen molar-refractivity contribution in [1.29, 1.82) is 0 Å². The molecule has 1 fully saturated rings. The number of halogens is 1. The van der Waals surface area contributed by atoms with E-state index in [-0.39, 0.29) is 17.6 Å². The number of amides is 1. The summed E-state index contributed by atoms with van der Waals surface area (Å²) in [7, 11) is 0. The van der Waals surface area contributed by atoms with Gasteiger partial charge in [0.1, 0.15) is 17.5 Å². The van der Waals surface area contributed by atoms with E-state index < -0.39 is 0 Å². The normalized spacial score (nSPS) is 15.0. The van der Waals surface area contributed by atoms with Gasteiger partial charge in [-0.05, 0) is 42.8 Å². The summed E-state index contributed by atoms with van der Waals surface area (Å²) in [6.45, 7) is 6.69. The van der Waals surface area contributed by atoms with Crippen LogP contribution in [0.2, 0.25) is 0 Å². The van der Waals surface area contributed by atoms with Gasteiger partial charge in [0.15, 0.2) is 5.65 Å². The van der Waals surface area contributed by atoms with Gasteiger partial charge in [-0.2, -0.15) is 5.10 Å². The number of hydrogen-bond donors (Lipinski definition) is 0. The lowest BCUT2D eigenvalue weighted by Gasteiger charge is -2.36. The summed E-state index contributed by atoms with van der Waals surface area (Å²) in [6, 6.07) is 15.7. The molecule has 5 rings (SSSR count). The average molecular weight is 459 g/mol. The van der Waals surface area contributed by atoms with E-state index >= 15 is 0 Å². The first kappa shape index (κ1) is 22.0. The van der Waals surface area contributed by atoms with Crippen molar-refractivity contribution >= 4 is 22.8 Å². The van der Waals surface area contributed by atoms with E-state index in [1.165, 1.54) is 24.3 Å². The lowest BCUT2D eigenvalue weighted by atomic mass is 10.1. The number of carbonyl (C=O) groups is 1. The van der Waals surface area contributed by atoms with Gasteiger partial charge in [-0.1, -0.05) is 32.0 Å². The molecular formula is C26H27FN6O. The minimum Gasteiger partial charge on any atom is -0.352 e. The molecule has 1 amide bonds. The maximum Gasteiger partial charge on any atom is 0.253 e. The van der Waals surface area contributed by atoms with Crippen molar-refractivity contribution in [2.45, 2.75) is 26.2 Å². The first-order chi connectivity index (χ1) is 16.5. The molecule has 0 bridgehead atoms. The topological polar surface area (TPSA) is 67.2 Å². The molecule has 3 heterocycles. The van der Waals surface area contributed by atoms with Crippen molar-refractivity contribution in [3.63, 3.8) is 0 Å². The predicted octanol–water partition coefficient (Wildman–Crippen LogP) is 4.43. The van der Waals surface area contributed by atoms with Crippen LogP contribution in [0, 0.1) is 5.82 Å². The zero-order valence-electron chi connectivity index (χ0n) is 19.4. The van der Waals surface area contributed by atoms with Gasteiger partial charge in [-0.3, -0.25) is 4.79 Å². The molecule has 0 N–H and O–H groups in total. The summed E-state index contributed by atoms with van der Waals surface area (Å²) in [4.78, 5) is 26.7. The molecule has 4 aromatic rings. The van der Waals surface area contributed by atoms with Crippen molar-refractivity contribution in [3.05, 3.63) is 78.0 Å². The number of anilines is 1. The lowest BCUT2D eigenvalue weighted by Crippen LogP contribution is -2.49. The minimum atomic E-state index is -0.345. The second kappa shape index (κ2) is 9.21. The smallest absolute Gasteiger partial charge is 0.253 e. The van der Waals surface area contributed by atoms with Crippen LogP contribution in [0.3, 0.4) is 0 Å². The highest BCUT2D eigenvalue weighted by Gasteiger charge is 2.26. The Morgan fingerprint density at radius 1 is 1.00 bits per heavy atom. The molecule has 1 aliphatic heterocycles. The van der Waals surface area contributed by atoms with Gasteiger partial charge >= 0.3 is 0 Å². The second-order valence-electron chi connectivity index (χ2n) is 8.63. The maximum absolute atomic E-state index is 13.2. The van der Waals surface area contributed by atoms with E-state index in [0.29, 0.717) is 31.7 Å². The molecule has 1 saturated heterocycles. The number of rotatable bonds is 5. The van der Waals surface area contributed by atoms with Gasteiger partial charge in [-0.15, -0.1) is 0 Å². The van der Waals surface area contributed by atoms with Gasteiger partial charge in [0.25, 0.3) is 5.91 Å². The Balaban J connectivity index is 1.45. The number of piperazine rings is 1. The molecule has 0 aliphatic carbocycles. The summed E-state index contributed by atoms with van der Waals surface area (Å²) in [6.07, 6.45) is 2.76. The maximum atomic E-state index is 13.2. The van der Waals surface area contributed by atoms with Crippen molar-refractivity contribution < 1.29 is 9.18 Å². The Kier molecular flexibility index (Phi) is 5.96. The summed E-state index contributed by atoms with van der Waals surface area (Å²) >= 11 is 0. The van der Waals surface area contributed by atoms with Crippen LogP contribution in [0.5, 0.6) is 0 Å². The molecule has 34 heavy (non-hydrogen) atoms. The van der Waals surface area contributed by atoms with Crippen LogP contribution in [0.4, 0.5) is 10.2 Å². The predicted molar refractivity (Wildman–Crippen MR) is 130 cm³/mol. The highest BCUT2D eigenvalue weighted by molar-refractivity contribution is 5.94. The van der Waals surface area contributed by atoms with Crippen molar-refractivity contribution in [3.8, 4) is 5.69 Å². The average Bonchev–Trinajstić information content (AvgIpc) is 3.32. The molecule has 8 heteroatoms. The fourth-order valence-corrected chi connectivity index (χ4v) is 4.21. The van der Waals surface area contributed by atoms with E-state index in [2.05, 4.69) is 23.8 Å². The number of benzene rings is 2. The van der Waals surface area contributed by atoms with Gasteiger partial charge in [0, 0.05) is 37.7 Å². The standard InChI is InChI=1S/C26H27FN6O/c1-3-18(2)23-29-24(22-17-28-33(25(22)30-23)21-7-5-4-6-8-21)31-13-15-32(16-14-31)26(34)19-9-11-20(27)12-10-19/h4-12,17-18H,3,13-16H2,1-2H3/t18-/m0/s1. The third kappa shape index (κ3) is 4.11. The van der Waals surface area contributed by atoms with Crippen molar-refractivity contribution in [2.75, 3.05) is 31.1 Å². The second-order valence-corrected chi connectivity index (χ2v) is 8.63. The van der Waals surface area contributed by atoms with Gasteiger partial charge < -0.3 is 9.80 Å². The molecule has 0 unspecified atom stereocenters. The SMILES string of the molecule is CC[C@H](C)c1nc(N2CCN(C(=O)c3ccc(F)cc3)CC2)c2cnn(-c3ccccc3)c2n1. The molecule has 0 saturated carbocycles. The minimum absolute atomic E-state index is 0.0790. The van der Waals surface area contributed by atoms with Crippen LogP contribution < -0.4 is 4.90 Å². The molecule has 1 aliphatic rings. The van der Waals surface area contributed by atoms with Crippen LogP contribution in [-0.2, 0) is 0 Å². The number of fused-ring (bicyclic) bond motifs is 1. The Labute approximate surface area is 197 Å². The molecule has 174 valence electrons. The van der Waals surface area contributed by atoms with Crippen molar-refractivity contribution in [2.24, 2.45) is 0 Å². The number of hydrogen-bond acceptors (Lipinski definition) is 5. The Bertz CT molecular complexity index is 1300. The highest BCUT2D eigenvalue weighted by atomic mass is 19.1. The number of nitrogens with zero attached hydrogens (tertiary/aromatic N) is 6. The highest BCUT2D eigenvalue weighted by Crippen LogP contribution is 2.29. The fraction of sp³-hybridized carbons (Fsp3) is 0.308. The molecule has 0 radical (unpaired) electrons. The lowest BCUT2D eigenvalue weighted by molar-refractivity contribution is 0.0746. The molecule has 2 aromatic carbocycles. The zero-order valence-corrected chi connectivity index (χ0v) is 19.4. The van der Waals surface area contributed by atoms with Crippen LogP contribution in [0.25, 0.3) is 16.7 Å². The fourth-order valence-electron chi connectivity index (χ4n) is 4.21. The third-order valence-corrected chi connectivity index (χ3v) is 6.44. The van der Waals surface area contributed by atoms with E-state index in [1.54, 1.807) is 0 Å². The van der Waals surface area contributed by atoms with Crippen LogP contribution in [-0.4, -0.2) is 56.7 Å². The summed E-state index contributed by atoms with van der Waals surface area (Å²) in [5, 5.41) is 5.53. The van der Waals surface area contributed by atoms with E-state index in [4.69, 9.17) is 9.97 Å². The number of aromatic nitrogens is 4. The molecule has 1 atom stereocenters. The molecular weight excluding hydrogens is 431 g/mol. The first-order valence-electron chi connectivity index (χ1n) is 11.7. The monoisotopic (exact) mass is 458 g/mol. The molecule has 0 spiro atoms. The number of carbonyl (C=O) groups excluding carboxylic acids is 1. The van der Waals surface area contributed by atoms with Crippen LogP contribution in [0.1, 0.15) is 42.4 Å². The summed E-state index contributed by atoms with van der Waals surface area (Å²) < 4.78 is 15.1. The summed E-state index contributed by atoms with van der Waals surface area (Å²) in [5.41, 5.74) is 2.24. The van der Waals surface area contributed by atoms with Crippen LogP contribution in [0.15, 0.2) is 60.8 Å². The quantitative estimate of drug-likeness (QED) is 0.443. The van der Waals surface area contributed by atoms with Gasteiger partial charge in [0.05, 0.1) is 17.3 Å². The largest absolute Gasteiger partial charge is 0.352 e. The summed E-state index contributed by atoms with van der Waals surface area (Å²) in [5.74, 6) is 1.44.